The Morgan fingerprint density at radius 3 is 2.86 bits per heavy atom. The number of para-hydroxylation sites is 1. The van der Waals surface area contributed by atoms with Gasteiger partial charge in [0.05, 0.1) is 17.6 Å². The van der Waals surface area contributed by atoms with Crippen molar-refractivity contribution in [3.63, 3.8) is 0 Å². The Labute approximate surface area is 128 Å². The standard InChI is InChI=1S/C17H15ClN2O/c1-21-17-10-13(6-7-15(17)18)20-11-12-8-9-19-16-5-3-2-4-14(12)16/h2-10,20H,11H2,1H3. The van der Waals surface area contributed by atoms with Crippen molar-refractivity contribution in [3.8, 4) is 5.75 Å². The average Bonchev–Trinajstić information content (AvgIpc) is 2.54. The summed E-state index contributed by atoms with van der Waals surface area (Å²) >= 11 is 6.03. The van der Waals surface area contributed by atoms with Gasteiger partial charge in [-0.3, -0.25) is 4.98 Å². The molecule has 0 bridgehead atoms. The highest BCUT2D eigenvalue weighted by molar-refractivity contribution is 6.32. The molecule has 106 valence electrons. The summed E-state index contributed by atoms with van der Waals surface area (Å²) in [7, 11) is 1.61. The van der Waals surface area contributed by atoms with Gasteiger partial charge >= 0.3 is 0 Å². The smallest absolute Gasteiger partial charge is 0.139 e. The van der Waals surface area contributed by atoms with E-state index in [4.69, 9.17) is 16.3 Å². The fraction of sp³-hybridized carbons (Fsp3) is 0.118. The second-order valence-electron chi connectivity index (χ2n) is 4.69. The Balaban J connectivity index is 1.83. The van der Waals surface area contributed by atoms with Crippen molar-refractivity contribution in [1.29, 1.82) is 0 Å². The molecule has 0 saturated carbocycles. The lowest BCUT2D eigenvalue weighted by molar-refractivity contribution is 0.415. The summed E-state index contributed by atoms with van der Waals surface area (Å²) in [5.74, 6) is 0.668. The van der Waals surface area contributed by atoms with E-state index >= 15 is 0 Å². The van der Waals surface area contributed by atoms with E-state index in [1.165, 1.54) is 5.56 Å². The highest BCUT2D eigenvalue weighted by Crippen LogP contribution is 2.28. The molecule has 1 aromatic heterocycles. The van der Waals surface area contributed by atoms with E-state index in [0.29, 0.717) is 17.3 Å². The van der Waals surface area contributed by atoms with Crippen molar-refractivity contribution in [3.05, 3.63) is 65.3 Å². The summed E-state index contributed by atoms with van der Waals surface area (Å²) in [5.41, 5.74) is 3.18. The molecule has 3 nitrogen and oxygen atoms in total. The lowest BCUT2D eigenvalue weighted by Gasteiger charge is -2.11. The minimum atomic E-state index is 0.609. The molecule has 0 aliphatic heterocycles. The van der Waals surface area contributed by atoms with Crippen LogP contribution in [-0.4, -0.2) is 12.1 Å². The molecule has 1 N–H and O–H groups in total. The molecule has 0 aliphatic carbocycles. The molecule has 0 spiro atoms. The predicted molar refractivity (Wildman–Crippen MR) is 87.1 cm³/mol. The van der Waals surface area contributed by atoms with E-state index in [-0.39, 0.29) is 0 Å². The van der Waals surface area contributed by atoms with Crippen LogP contribution in [0.5, 0.6) is 5.75 Å². The first-order chi connectivity index (χ1) is 10.3. The van der Waals surface area contributed by atoms with Crippen LogP contribution in [0.25, 0.3) is 10.9 Å². The molecule has 0 radical (unpaired) electrons. The van der Waals surface area contributed by atoms with Gasteiger partial charge in [-0.25, -0.2) is 0 Å². The molecule has 3 rings (SSSR count). The van der Waals surface area contributed by atoms with Crippen molar-refractivity contribution < 1.29 is 4.74 Å². The number of benzene rings is 2. The summed E-state index contributed by atoms with van der Waals surface area (Å²) < 4.78 is 5.23. The Bertz CT molecular complexity index is 768. The molecule has 0 saturated heterocycles. The number of fused-ring (bicyclic) bond motifs is 1. The third-order valence-corrected chi connectivity index (χ3v) is 3.69. The maximum absolute atomic E-state index is 6.03. The molecule has 1 heterocycles. The lowest BCUT2D eigenvalue weighted by atomic mass is 10.1. The molecule has 0 atom stereocenters. The van der Waals surface area contributed by atoms with Crippen molar-refractivity contribution in [1.82, 2.24) is 4.98 Å². The molecule has 0 fully saturated rings. The number of halogens is 1. The van der Waals surface area contributed by atoms with E-state index < -0.39 is 0 Å². The molecule has 0 unspecified atom stereocenters. The van der Waals surface area contributed by atoms with Gasteiger partial charge in [0.2, 0.25) is 0 Å². The van der Waals surface area contributed by atoms with E-state index in [1.807, 2.05) is 48.7 Å². The normalized spacial score (nSPS) is 10.6. The fourth-order valence-electron chi connectivity index (χ4n) is 2.28. The van der Waals surface area contributed by atoms with E-state index in [9.17, 15) is 0 Å². The van der Waals surface area contributed by atoms with E-state index in [0.717, 1.165) is 16.6 Å². The largest absolute Gasteiger partial charge is 0.495 e. The summed E-state index contributed by atoms with van der Waals surface area (Å²) in [4.78, 5) is 4.37. The number of aromatic nitrogens is 1. The third kappa shape index (κ3) is 2.93. The molecule has 21 heavy (non-hydrogen) atoms. The van der Waals surface area contributed by atoms with Crippen LogP contribution in [-0.2, 0) is 6.54 Å². The first-order valence-corrected chi connectivity index (χ1v) is 7.06. The first-order valence-electron chi connectivity index (χ1n) is 6.68. The zero-order valence-electron chi connectivity index (χ0n) is 11.6. The van der Waals surface area contributed by atoms with Gasteiger partial charge in [-0.15, -0.1) is 0 Å². The number of pyridine rings is 1. The fourth-order valence-corrected chi connectivity index (χ4v) is 2.47. The Morgan fingerprint density at radius 1 is 1.14 bits per heavy atom. The van der Waals surface area contributed by atoms with Crippen LogP contribution in [0.3, 0.4) is 0 Å². The topological polar surface area (TPSA) is 34.1 Å². The van der Waals surface area contributed by atoms with Crippen molar-refractivity contribution in [2.45, 2.75) is 6.54 Å². The predicted octanol–water partition coefficient (Wildman–Crippen LogP) is 4.51. The van der Waals surface area contributed by atoms with Crippen molar-refractivity contribution in [2.24, 2.45) is 0 Å². The van der Waals surface area contributed by atoms with Crippen molar-refractivity contribution in [2.75, 3.05) is 12.4 Å². The summed E-state index contributed by atoms with van der Waals surface area (Å²) in [6, 6.07) is 15.8. The lowest BCUT2D eigenvalue weighted by Crippen LogP contribution is -2.01. The van der Waals surface area contributed by atoms with Crippen LogP contribution in [0.2, 0.25) is 5.02 Å². The molecular formula is C17H15ClN2O. The van der Waals surface area contributed by atoms with Crippen LogP contribution in [0, 0.1) is 0 Å². The molecule has 2 aromatic carbocycles. The summed E-state index contributed by atoms with van der Waals surface area (Å²) in [6.45, 7) is 0.716. The minimum absolute atomic E-state index is 0.609. The number of nitrogens with zero attached hydrogens (tertiary/aromatic N) is 1. The average molecular weight is 299 g/mol. The first kappa shape index (κ1) is 13.7. The number of hydrogen-bond acceptors (Lipinski definition) is 3. The maximum Gasteiger partial charge on any atom is 0.139 e. The summed E-state index contributed by atoms with van der Waals surface area (Å²) in [5, 5.41) is 5.16. The van der Waals surface area contributed by atoms with Gasteiger partial charge in [-0.05, 0) is 29.8 Å². The van der Waals surface area contributed by atoms with Crippen LogP contribution in [0.15, 0.2) is 54.7 Å². The van der Waals surface area contributed by atoms with Gasteiger partial charge in [0, 0.05) is 29.9 Å². The zero-order chi connectivity index (χ0) is 14.7. The van der Waals surface area contributed by atoms with Gasteiger partial charge in [-0.2, -0.15) is 0 Å². The highest BCUT2D eigenvalue weighted by atomic mass is 35.5. The van der Waals surface area contributed by atoms with E-state index in [2.05, 4.69) is 16.4 Å². The van der Waals surface area contributed by atoms with Crippen LogP contribution in [0.1, 0.15) is 5.56 Å². The maximum atomic E-state index is 6.03. The second kappa shape index (κ2) is 6.02. The highest BCUT2D eigenvalue weighted by Gasteiger charge is 2.04. The Morgan fingerprint density at radius 2 is 2.00 bits per heavy atom. The van der Waals surface area contributed by atoms with Crippen LogP contribution in [0.4, 0.5) is 5.69 Å². The van der Waals surface area contributed by atoms with Crippen LogP contribution >= 0.6 is 11.6 Å². The number of rotatable bonds is 4. The number of ether oxygens (including phenoxy) is 1. The SMILES string of the molecule is COc1cc(NCc2ccnc3ccccc23)ccc1Cl. The van der Waals surface area contributed by atoms with Gasteiger partial charge in [0.1, 0.15) is 5.75 Å². The minimum Gasteiger partial charge on any atom is -0.495 e. The van der Waals surface area contributed by atoms with Gasteiger partial charge in [-0.1, -0.05) is 29.8 Å². The number of anilines is 1. The summed E-state index contributed by atoms with van der Waals surface area (Å²) in [6.07, 6.45) is 1.84. The molecule has 4 heteroatoms. The number of hydrogen-bond donors (Lipinski definition) is 1. The zero-order valence-corrected chi connectivity index (χ0v) is 12.4. The van der Waals surface area contributed by atoms with Gasteiger partial charge < -0.3 is 10.1 Å². The molecule has 0 amide bonds. The monoisotopic (exact) mass is 298 g/mol. The molecule has 3 aromatic rings. The molecule has 0 aliphatic rings. The number of nitrogens with one attached hydrogen (secondary N) is 1. The van der Waals surface area contributed by atoms with Gasteiger partial charge in [0.15, 0.2) is 0 Å². The third-order valence-electron chi connectivity index (χ3n) is 3.37. The van der Waals surface area contributed by atoms with Gasteiger partial charge in [0.25, 0.3) is 0 Å². The van der Waals surface area contributed by atoms with Crippen molar-refractivity contribution >= 4 is 28.2 Å². The second-order valence-corrected chi connectivity index (χ2v) is 5.10. The van der Waals surface area contributed by atoms with E-state index in [1.54, 1.807) is 7.11 Å². The quantitative estimate of drug-likeness (QED) is 0.769. The Kier molecular flexibility index (Phi) is 3.93. The van der Waals surface area contributed by atoms with Crippen LogP contribution < -0.4 is 10.1 Å². The Hall–Kier alpha value is -2.26. The molecular weight excluding hydrogens is 284 g/mol. The number of methoxy groups -OCH3 is 1.